The van der Waals surface area contributed by atoms with Gasteiger partial charge in [-0.15, -0.1) is 0 Å². The number of carbonyl (C=O) groups is 3. The summed E-state index contributed by atoms with van der Waals surface area (Å²) in [5.41, 5.74) is 1.97. The van der Waals surface area contributed by atoms with Crippen LogP contribution in [0.3, 0.4) is 0 Å². The lowest BCUT2D eigenvalue weighted by atomic mass is 9.87. The number of urea groups is 1. The predicted octanol–water partition coefficient (Wildman–Crippen LogP) is 1.28. The molecular weight excluding hydrogens is 386 g/mol. The normalized spacial score (nSPS) is 18.5. The van der Waals surface area contributed by atoms with Crippen LogP contribution in [0.2, 0.25) is 0 Å². The Morgan fingerprint density at radius 3 is 2.50 bits per heavy atom. The second-order valence-corrected chi connectivity index (χ2v) is 6.91. The van der Waals surface area contributed by atoms with E-state index in [0.717, 1.165) is 6.20 Å². The third kappa shape index (κ3) is 3.10. The number of hydrogen-bond acceptors (Lipinski definition) is 5. The van der Waals surface area contributed by atoms with E-state index < -0.39 is 23.4 Å². The summed E-state index contributed by atoms with van der Waals surface area (Å²) in [5, 5.41) is 7.81. The van der Waals surface area contributed by atoms with Crippen LogP contribution in [0.15, 0.2) is 65.6 Å². The first-order valence-electron chi connectivity index (χ1n) is 9.43. The molecule has 1 aliphatic heterocycles. The lowest BCUT2D eigenvalue weighted by Gasteiger charge is -2.25. The third-order valence-electron chi connectivity index (χ3n) is 5.18. The fraction of sp³-hybridized carbons (Fsp3) is 0.190. The van der Waals surface area contributed by atoms with Crippen LogP contribution in [0.1, 0.15) is 18.9 Å². The number of imide groups is 1. The van der Waals surface area contributed by atoms with Crippen molar-refractivity contribution in [3.8, 4) is 0 Å². The molecule has 2 aromatic carbocycles. The van der Waals surface area contributed by atoms with E-state index in [1.165, 1.54) is 4.68 Å². The van der Waals surface area contributed by atoms with Gasteiger partial charge < -0.3 is 5.32 Å². The molecule has 0 unspecified atom stereocenters. The second-order valence-electron chi connectivity index (χ2n) is 6.91. The van der Waals surface area contributed by atoms with Crippen LogP contribution < -0.4 is 16.2 Å². The fourth-order valence-corrected chi connectivity index (χ4v) is 3.62. The number of aromatic nitrogens is 2. The van der Waals surface area contributed by atoms with Gasteiger partial charge in [0.2, 0.25) is 5.43 Å². The zero-order chi connectivity index (χ0) is 21.3. The van der Waals surface area contributed by atoms with Gasteiger partial charge in [0.15, 0.2) is 0 Å². The fourth-order valence-electron chi connectivity index (χ4n) is 3.62. The molecular formula is C21H19N5O4. The summed E-state index contributed by atoms with van der Waals surface area (Å²) in [4.78, 5) is 50.1. The van der Waals surface area contributed by atoms with Gasteiger partial charge >= 0.3 is 6.03 Å². The maximum absolute atomic E-state index is 13.1. The molecule has 1 atom stereocenters. The van der Waals surface area contributed by atoms with Crippen molar-refractivity contribution < 1.29 is 14.4 Å². The Balaban J connectivity index is 1.57. The molecule has 0 bridgehead atoms. The molecule has 9 heteroatoms. The van der Waals surface area contributed by atoms with Crippen molar-refractivity contribution in [3.05, 3.63) is 76.6 Å². The first-order chi connectivity index (χ1) is 14.5. The zero-order valence-corrected chi connectivity index (χ0v) is 16.2. The van der Waals surface area contributed by atoms with Crippen molar-refractivity contribution in [1.29, 1.82) is 0 Å². The van der Waals surface area contributed by atoms with Crippen molar-refractivity contribution >= 4 is 28.7 Å². The van der Waals surface area contributed by atoms with Gasteiger partial charge in [0, 0.05) is 5.39 Å². The summed E-state index contributed by atoms with van der Waals surface area (Å²) in [7, 11) is 0. The molecule has 1 aromatic heterocycles. The number of hydrazine groups is 1. The minimum Gasteiger partial charge on any atom is -0.318 e. The Bertz CT molecular complexity index is 1210. The van der Waals surface area contributed by atoms with Crippen molar-refractivity contribution in [2.24, 2.45) is 0 Å². The topological polar surface area (TPSA) is 113 Å². The first-order valence-corrected chi connectivity index (χ1v) is 9.43. The second kappa shape index (κ2) is 7.43. The molecule has 0 saturated carbocycles. The Labute approximate surface area is 171 Å². The maximum atomic E-state index is 13.1. The summed E-state index contributed by atoms with van der Waals surface area (Å²) in [6.07, 6.45) is 1.45. The van der Waals surface area contributed by atoms with E-state index in [1.807, 2.05) is 6.07 Å². The molecule has 1 saturated heterocycles. The van der Waals surface area contributed by atoms with Gasteiger partial charge in [0.05, 0.1) is 11.7 Å². The third-order valence-corrected chi connectivity index (χ3v) is 5.18. The molecule has 4 amide bonds. The van der Waals surface area contributed by atoms with Gasteiger partial charge in [-0.1, -0.05) is 49.4 Å². The summed E-state index contributed by atoms with van der Waals surface area (Å²) in [6, 6.07) is 14.9. The maximum Gasteiger partial charge on any atom is 0.344 e. The number of fused-ring (bicyclic) bond motifs is 1. The van der Waals surface area contributed by atoms with E-state index in [9.17, 15) is 19.2 Å². The highest BCUT2D eigenvalue weighted by Crippen LogP contribution is 2.31. The van der Waals surface area contributed by atoms with Gasteiger partial charge in [-0.2, -0.15) is 10.1 Å². The minimum atomic E-state index is -1.24. The van der Waals surface area contributed by atoms with Gasteiger partial charge in [0.1, 0.15) is 12.1 Å². The quantitative estimate of drug-likeness (QED) is 0.621. The average molecular weight is 405 g/mol. The molecule has 2 heterocycles. The summed E-state index contributed by atoms with van der Waals surface area (Å²) < 4.78 is 1.34. The summed E-state index contributed by atoms with van der Waals surface area (Å²) >= 11 is 0. The highest BCUT2D eigenvalue weighted by Gasteiger charge is 2.52. The minimum absolute atomic E-state index is 0.257. The van der Waals surface area contributed by atoms with Crippen LogP contribution in [-0.4, -0.2) is 32.6 Å². The highest BCUT2D eigenvalue weighted by molar-refractivity contribution is 6.08. The van der Waals surface area contributed by atoms with E-state index in [-0.39, 0.29) is 12.0 Å². The van der Waals surface area contributed by atoms with Crippen LogP contribution in [0.5, 0.6) is 0 Å². The number of para-hydroxylation sites is 1. The molecule has 0 spiro atoms. The number of nitrogens with zero attached hydrogens (tertiary/aromatic N) is 3. The molecule has 9 nitrogen and oxygen atoms in total. The van der Waals surface area contributed by atoms with Crippen LogP contribution in [0.4, 0.5) is 4.79 Å². The molecule has 2 N–H and O–H groups in total. The lowest BCUT2D eigenvalue weighted by molar-refractivity contribution is -0.139. The first kappa shape index (κ1) is 19.3. The molecule has 30 heavy (non-hydrogen) atoms. The van der Waals surface area contributed by atoms with E-state index in [0.29, 0.717) is 27.9 Å². The van der Waals surface area contributed by atoms with Gasteiger partial charge in [-0.25, -0.2) is 4.79 Å². The highest BCUT2D eigenvalue weighted by atomic mass is 16.2. The molecule has 152 valence electrons. The summed E-state index contributed by atoms with van der Waals surface area (Å²) in [6.45, 7) is 1.51. The van der Waals surface area contributed by atoms with Gasteiger partial charge in [-0.3, -0.25) is 24.5 Å². The molecule has 3 aromatic rings. The van der Waals surface area contributed by atoms with Crippen molar-refractivity contribution in [1.82, 2.24) is 25.5 Å². The Morgan fingerprint density at radius 2 is 1.77 bits per heavy atom. The van der Waals surface area contributed by atoms with E-state index in [1.54, 1.807) is 55.5 Å². The monoisotopic (exact) mass is 405 g/mol. The number of amides is 4. The summed E-state index contributed by atoms with van der Waals surface area (Å²) in [5.74, 6) is -1.19. The number of nitrogens with one attached hydrogen (secondary N) is 2. The predicted molar refractivity (Wildman–Crippen MR) is 108 cm³/mol. The molecule has 1 fully saturated rings. The van der Waals surface area contributed by atoms with E-state index in [2.05, 4.69) is 15.8 Å². The number of hydrogen-bond donors (Lipinski definition) is 2. The number of benzene rings is 2. The largest absolute Gasteiger partial charge is 0.344 e. The molecule has 1 aliphatic rings. The molecule has 0 aliphatic carbocycles. The molecule has 4 rings (SSSR count). The average Bonchev–Trinajstić information content (AvgIpc) is 3.01. The Kier molecular flexibility index (Phi) is 4.78. The van der Waals surface area contributed by atoms with Crippen LogP contribution in [0.25, 0.3) is 10.9 Å². The van der Waals surface area contributed by atoms with Gasteiger partial charge in [0.25, 0.3) is 11.8 Å². The van der Waals surface area contributed by atoms with Crippen LogP contribution >= 0.6 is 0 Å². The van der Waals surface area contributed by atoms with Crippen LogP contribution in [0, 0.1) is 0 Å². The zero-order valence-electron chi connectivity index (χ0n) is 16.2. The lowest BCUT2D eigenvalue weighted by Crippen LogP contribution is -2.49. The molecule has 0 radical (unpaired) electrons. The number of carbonyl (C=O) groups excluding carboxylic acids is 3. The Hall–Kier alpha value is -4.01. The van der Waals surface area contributed by atoms with Crippen molar-refractivity contribution in [2.45, 2.75) is 25.4 Å². The standard InChI is InChI=1S/C21H19N5O4/c1-2-21(14-8-4-3-5-9-14)19(29)26(20(30)23-21)24-18(28)13-25-16-11-7-6-10-15(16)17(27)12-22-25/h3-12H,2,13H2,1H3,(H,23,30)(H,24,28)/t21-/m1/s1. The Morgan fingerprint density at radius 1 is 1.07 bits per heavy atom. The number of rotatable bonds is 5. The van der Waals surface area contributed by atoms with Crippen LogP contribution in [-0.2, 0) is 21.7 Å². The van der Waals surface area contributed by atoms with Crippen molar-refractivity contribution in [2.75, 3.05) is 0 Å². The van der Waals surface area contributed by atoms with E-state index in [4.69, 9.17) is 0 Å². The van der Waals surface area contributed by atoms with Gasteiger partial charge in [-0.05, 0) is 24.1 Å². The smallest absolute Gasteiger partial charge is 0.318 e. The van der Waals surface area contributed by atoms with Crippen molar-refractivity contribution in [3.63, 3.8) is 0 Å². The van der Waals surface area contributed by atoms with E-state index >= 15 is 0 Å². The SMILES string of the molecule is CC[C@]1(c2ccccc2)NC(=O)N(NC(=O)Cn2ncc(=O)c3ccccc32)C1=O.